The SMILES string of the molecule is CN=C(N)NCCC[C@@H]1NC(=O)[C@H](Cc2cn(Cc3ccc(C4=C(c5ccccc5)C(c5ccccc5)=C(c5ccc(Cn6cc(C[C@@H]7NC(=O)[C@@H](Cc8ccccc8)NC(=O)[C@H](CC(=O)O)NC(=O)CNC(=O)[C@H](CCCNC(=N)N)NC7=O)nn6)cc5)[Si]4(C)C)cc3)nn2)NC(=O)[C@@H](Cc2ccccc2)NC(=O)[C@H](CC(=O)O)NC(=O)CNC1=O. The number of allylic oxidation sites excluding steroid dienone is 2. The molecule has 3 aliphatic rings. The van der Waals surface area contributed by atoms with Crippen LogP contribution in [0.5, 0.6) is 0 Å². The van der Waals surface area contributed by atoms with Gasteiger partial charge in [-0.15, -0.1) is 10.2 Å². The molecule has 0 spiro atoms. The summed E-state index contributed by atoms with van der Waals surface area (Å²) in [5, 5.41) is 78.7. The highest BCUT2D eigenvalue weighted by molar-refractivity contribution is 7.13. The third-order valence-corrected chi connectivity index (χ3v) is 24.3. The molecule has 10 amide bonds. The van der Waals surface area contributed by atoms with Crippen LogP contribution in [0.3, 0.4) is 0 Å². The van der Waals surface area contributed by atoms with Crippen molar-refractivity contribution in [3.05, 3.63) is 238 Å². The second-order valence-corrected chi connectivity index (χ2v) is 34.5. The van der Waals surface area contributed by atoms with Crippen LogP contribution < -0.4 is 75.3 Å². The number of carbonyl (C=O) groups is 12. The van der Waals surface area contributed by atoms with Gasteiger partial charge in [-0.1, -0.05) is 193 Å². The molecule has 2 saturated heterocycles. The molecule has 0 aliphatic carbocycles. The molecule has 37 heteroatoms. The summed E-state index contributed by atoms with van der Waals surface area (Å²) in [5.74, 6) is -11.8. The molecule has 36 nitrogen and oxygen atoms in total. The zero-order chi connectivity index (χ0) is 87.0. The van der Waals surface area contributed by atoms with Gasteiger partial charge in [-0.25, -0.2) is 9.36 Å². The van der Waals surface area contributed by atoms with Gasteiger partial charge in [-0.05, 0) is 91.7 Å². The minimum Gasteiger partial charge on any atom is -0.481 e. The average molecular weight is 1680 g/mol. The average Bonchev–Trinajstić information content (AvgIpc) is 1.56. The number of hydrogen-bond acceptors (Lipinski definition) is 18. The smallest absolute Gasteiger partial charge is 0.305 e. The Morgan fingerprint density at radius 1 is 0.434 bits per heavy atom. The van der Waals surface area contributed by atoms with E-state index in [-0.39, 0.29) is 101 Å². The van der Waals surface area contributed by atoms with Gasteiger partial charge in [-0.2, -0.15) is 0 Å². The van der Waals surface area contributed by atoms with Crippen LogP contribution in [0.25, 0.3) is 21.5 Å². The molecular weight excluding hydrogens is 1580 g/mol. The van der Waals surface area contributed by atoms with E-state index in [9.17, 15) is 67.7 Å². The summed E-state index contributed by atoms with van der Waals surface area (Å²) in [7, 11) is -1.30. The number of carboxylic acids is 2. The van der Waals surface area contributed by atoms with Crippen molar-refractivity contribution in [3.63, 3.8) is 0 Å². The van der Waals surface area contributed by atoms with Gasteiger partial charge in [0.05, 0.1) is 50.4 Å². The maximum Gasteiger partial charge on any atom is 0.305 e. The van der Waals surface area contributed by atoms with Gasteiger partial charge in [0.15, 0.2) is 11.9 Å². The number of aliphatic carboxylic acids is 2. The Balaban J connectivity index is 0.846. The first-order chi connectivity index (χ1) is 58.6. The molecule has 8 aromatic rings. The molecular formula is C85H98N22O14Si. The molecule has 0 radical (unpaired) electrons. The Morgan fingerprint density at radius 3 is 1.12 bits per heavy atom. The lowest BCUT2D eigenvalue weighted by atomic mass is 9.89. The number of carboxylic acid groups (broad SMARTS) is 2. The monoisotopic (exact) mass is 1680 g/mol. The van der Waals surface area contributed by atoms with Crippen molar-refractivity contribution in [1.82, 2.24) is 93.8 Å². The van der Waals surface area contributed by atoms with Crippen molar-refractivity contribution in [1.29, 1.82) is 5.41 Å². The second-order valence-electron chi connectivity index (χ2n) is 30.3. The molecule has 3 aliphatic heterocycles. The molecule has 19 N–H and O–H groups in total. The van der Waals surface area contributed by atoms with Gasteiger partial charge in [0, 0.05) is 58.2 Å². The van der Waals surface area contributed by atoms with E-state index in [2.05, 4.69) is 151 Å². The quantitative estimate of drug-likeness (QED) is 0.0138. The van der Waals surface area contributed by atoms with Gasteiger partial charge in [0.25, 0.3) is 0 Å². The minimum absolute atomic E-state index is 0.0148. The number of hydrogen-bond donors (Lipinski definition) is 17. The number of rotatable bonds is 28. The zero-order valence-corrected chi connectivity index (χ0v) is 68.3. The van der Waals surface area contributed by atoms with Gasteiger partial charge in [0.1, 0.15) is 56.4 Å². The molecule has 2 fully saturated rings. The number of amides is 10. The van der Waals surface area contributed by atoms with Gasteiger partial charge in [0.2, 0.25) is 59.1 Å². The molecule has 0 bridgehead atoms. The van der Waals surface area contributed by atoms with Crippen LogP contribution in [0, 0.1) is 5.41 Å². The van der Waals surface area contributed by atoms with E-state index in [1.807, 2.05) is 60.7 Å². The van der Waals surface area contributed by atoms with Gasteiger partial charge < -0.3 is 85.5 Å². The van der Waals surface area contributed by atoms with Crippen molar-refractivity contribution in [2.75, 3.05) is 33.2 Å². The summed E-state index contributed by atoms with van der Waals surface area (Å²) in [6, 6.07) is 42.5. The first-order valence-corrected chi connectivity index (χ1v) is 42.7. The fraction of sp³-hybridized carbons (Fsp3) is 0.318. The zero-order valence-electron chi connectivity index (χ0n) is 67.3. The summed E-state index contributed by atoms with van der Waals surface area (Å²) in [6.07, 6.45) is 1.21. The van der Waals surface area contributed by atoms with Crippen molar-refractivity contribution >= 4 is 113 Å². The van der Waals surface area contributed by atoms with Crippen LogP contribution in [0.2, 0.25) is 13.1 Å². The van der Waals surface area contributed by atoms with Crippen molar-refractivity contribution in [3.8, 4) is 0 Å². The van der Waals surface area contributed by atoms with E-state index < -0.39 is 153 Å². The van der Waals surface area contributed by atoms with E-state index in [1.165, 1.54) is 17.4 Å². The minimum atomic E-state index is -2.79. The lowest BCUT2D eigenvalue weighted by Crippen LogP contribution is -2.58. The summed E-state index contributed by atoms with van der Waals surface area (Å²) in [6.45, 7) is 4.06. The topological polar surface area (TPSA) is 539 Å². The molecule has 11 rings (SSSR count). The van der Waals surface area contributed by atoms with Gasteiger partial charge in [-0.3, -0.25) is 67.9 Å². The van der Waals surface area contributed by atoms with Crippen LogP contribution in [-0.4, -0.2) is 213 Å². The lowest BCUT2D eigenvalue weighted by molar-refractivity contribution is -0.141. The highest BCUT2D eigenvalue weighted by atomic mass is 28.3. The first-order valence-electron chi connectivity index (χ1n) is 39.7. The Morgan fingerprint density at radius 2 is 0.770 bits per heavy atom. The molecule has 2 aromatic heterocycles. The van der Waals surface area contributed by atoms with Crippen LogP contribution in [0.1, 0.15) is 94.4 Å². The predicted octanol–water partition coefficient (Wildman–Crippen LogP) is 0.524. The Bertz CT molecular complexity index is 5180. The normalized spacial score (nSPS) is 20.4. The Labute approximate surface area is 702 Å². The van der Waals surface area contributed by atoms with Crippen molar-refractivity contribution in [2.45, 2.75) is 139 Å². The van der Waals surface area contributed by atoms with Crippen LogP contribution in [0.4, 0.5) is 0 Å². The van der Waals surface area contributed by atoms with E-state index in [0.717, 1.165) is 44.5 Å². The number of nitrogens with zero attached hydrogens (tertiary/aromatic N) is 7. The number of carbonyl (C=O) groups excluding carboxylic acids is 10. The summed E-state index contributed by atoms with van der Waals surface area (Å²) in [5.41, 5.74) is 20.9. The number of aromatic nitrogens is 6. The fourth-order valence-corrected chi connectivity index (χ4v) is 18.7. The van der Waals surface area contributed by atoms with Crippen LogP contribution in [-0.2, 0) is 96.3 Å². The molecule has 636 valence electrons. The highest BCUT2D eigenvalue weighted by Crippen LogP contribution is 2.55. The van der Waals surface area contributed by atoms with E-state index >= 15 is 0 Å². The number of benzene rings is 6. The first kappa shape index (κ1) is 88.3. The Kier molecular flexibility index (Phi) is 30.2. The lowest BCUT2D eigenvalue weighted by Gasteiger charge is -2.27. The van der Waals surface area contributed by atoms with Gasteiger partial charge >= 0.3 is 11.9 Å². The maximum atomic E-state index is 14.7. The third kappa shape index (κ3) is 24.3. The molecule has 0 unspecified atom stereocenters. The predicted molar refractivity (Wildman–Crippen MR) is 453 cm³/mol. The third-order valence-electron chi connectivity index (χ3n) is 20.8. The molecule has 0 saturated carbocycles. The van der Waals surface area contributed by atoms with E-state index in [1.54, 1.807) is 82.4 Å². The number of guanidine groups is 2. The second kappa shape index (κ2) is 41.7. The highest BCUT2D eigenvalue weighted by Gasteiger charge is 2.45. The van der Waals surface area contributed by atoms with E-state index in [0.29, 0.717) is 11.1 Å². The molecule has 122 heavy (non-hydrogen) atoms. The summed E-state index contributed by atoms with van der Waals surface area (Å²) >= 11 is 0. The number of nitrogens with one attached hydrogen (secondary N) is 13. The molecule has 5 heterocycles. The summed E-state index contributed by atoms with van der Waals surface area (Å²) in [4.78, 5) is 169. The fourth-order valence-electron chi connectivity index (χ4n) is 14.8. The van der Waals surface area contributed by atoms with E-state index in [4.69, 9.17) is 16.9 Å². The largest absolute Gasteiger partial charge is 0.481 e. The number of aliphatic imine (C=N–C) groups is 1. The molecule has 8 atom stereocenters. The Hall–Kier alpha value is -14.5. The van der Waals surface area contributed by atoms with Crippen molar-refractivity contribution in [2.24, 2.45) is 16.5 Å². The van der Waals surface area contributed by atoms with Crippen LogP contribution in [0.15, 0.2) is 187 Å². The van der Waals surface area contributed by atoms with Crippen LogP contribution >= 0.6 is 0 Å². The summed E-state index contributed by atoms with van der Waals surface area (Å²) < 4.78 is 3.17. The van der Waals surface area contributed by atoms with Crippen molar-refractivity contribution < 1.29 is 67.7 Å². The maximum absolute atomic E-state index is 14.7. The number of nitrogens with two attached hydrogens (primary N) is 2. The standard InChI is InChI=1S/C85H98N22O14Si/c1-89-85(88)91-37-17-27-61-77(115)93-45-69(109)95-67(43-71(112)113)83(121)99-63(39-51-20-10-5-11-21-51)79(117)101-65(81(119)97-61)41-59-49-107(105-103-59)47-53-30-34-57(35-31-53)75-73(55-24-14-7-15-25-55)72(54-22-12-6-13-23-54)74(122(75,2)3)56-32-28-52(29-33-56)46-106-48-58(102-104-106)40-64-80(118)96-60(26-16-36-90-84(86)87)76(114)92-44-68(108)94-66(42-70(110)111)82(120)98-62(78(116)100-64)38-50-18-8-4-9-19-50/h4-15,18-25,28-35,48-49,60-67H,16-17,26-27,36-47H2,1-3H3,(H,92,114)(H,93,115)(H,94,108)(H,95,109)(H,96,118)(H,97,119)(H,98,120)(H,99,121)(H,100,116)(H,101,117)(H,110,111)(H,112,113)(H4,86,87,90)(H3,88,89,91)/t60-,61-,62+,63+,64-,65-,66-,67-/m0/s1. The molecule has 6 aromatic carbocycles.